The average molecular weight is 605 g/mol. The van der Waals surface area contributed by atoms with Gasteiger partial charge < -0.3 is 21.2 Å². The number of benzene rings is 1. The molecule has 0 unspecified atom stereocenters. The molecular weight excluding hydrogens is 576 g/mol. The van der Waals surface area contributed by atoms with Crippen LogP contribution in [0.1, 0.15) is 49.6 Å². The monoisotopic (exact) mass is 604 g/mol. The van der Waals surface area contributed by atoms with E-state index in [1.807, 2.05) is 13.8 Å². The first-order valence-electron chi connectivity index (χ1n) is 13.1. The minimum Gasteiger partial charge on any atom is -0.396 e. The van der Waals surface area contributed by atoms with Crippen molar-refractivity contribution >= 4 is 33.9 Å². The van der Waals surface area contributed by atoms with Crippen LogP contribution in [0.2, 0.25) is 5.02 Å². The van der Waals surface area contributed by atoms with Crippen LogP contribution < -0.4 is 21.6 Å². The molecule has 0 amide bonds. The highest BCUT2D eigenvalue weighted by Gasteiger charge is 2.67. The van der Waals surface area contributed by atoms with Gasteiger partial charge in [-0.3, -0.25) is 9.99 Å². The van der Waals surface area contributed by atoms with Crippen molar-refractivity contribution in [1.82, 2.24) is 25.9 Å². The smallest absolute Gasteiger partial charge is 0.396 e. The van der Waals surface area contributed by atoms with Gasteiger partial charge in [0, 0.05) is 53.3 Å². The summed E-state index contributed by atoms with van der Waals surface area (Å²) in [6.45, 7) is 5.59. The number of hydrogen-bond donors (Lipinski definition) is 5. The van der Waals surface area contributed by atoms with E-state index in [0.29, 0.717) is 45.8 Å². The Kier molecular flexibility index (Phi) is 7.59. The zero-order valence-corrected chi connectivity index (χ0v) is 23.8. The van der Waals surface area contributed by atoms with Crippen molar-refractivity contribution in [2.24, 2.45) is 5.41 Å². The summed E-state index contributed by atoms with van der Waals surface area (Å²) in [6, 6.07) is 7.35. The molecule has 0 bridgehead atoms. The van der Waals surface area contributed by atoms with Crippen LogP contribution in [0.25, 0.3) is 10.9 Å². The van der Waals surface area contributed by atoms with Gasteiger partial charge in [-0.15, -0.1) is 5.53 Å². The van der Waals surface area contributed by atoms with Gasteiger partial charge in [0.05, 0.1) is 33.5 Å². The Morgan fingerprint density at radius 3 is 2.62 bits per heavy atom. The predicted molar refractivity (Wildman–Crippen MR) is 150 cm³/mol. The third-order valence-electron chi connectivity index (χ3n) is 7.54. The molecule has 0 saturated heterocycles. The highest BCUT2D eigenvalue weighted by atomic mass is 35.5. The normalized spacial score (nSPS) is 17.0. The summed E-state index contributed by atoms with van der Waals surface area (Å²) in [5.41, 5.74) is 5.75. The molecule has 3 aromatic rings. The molecule has 0 radical (unpaired) electrons. The Morgan fingerprint density at radius 2 is 2.00 bits per heavy atom. The number of aliphatic hydroxyl groups is 1. The molecule has 5 rings (SSSR count). The number of alkyl halides is 3. The molecule has 1 fully saturated rings. The van der Waals surface area contributed by atoms with Gasteiger partial charge in [-0.2, -0.15) is 22.8 Å². The summed E-state index contributed by atoms with van der Waals surface area (Å²) in [5, 5.41) is 27.8. The van der Waals surface area contributed by atoms with Crippen LogP contribution in [0.15, 0.2) is 42.4 Å². The van der Waals surface area contributed by atoms with Crippen LogP contribution in [0, 0.1) is 29.6 Å². The van der Waals surface area contributed by atoms with E-state index in [1.54, 1.807) is 19.1 Å². The van der Waals surface area contributed by atoms with Crippen LogP contribution in [-0.2, 0) is 0 Å². The van der Waals surface area contributed by atoms with Crippen molar-refractivity contribution < 1.29 is 22.7 Å². The molecule has 9 nitrogen and oxygen atoms in total. The van der Waals surface area contributed by atoms with Gasteiger partial charge in [0.2, 0.25) is 5.95 Å². The van der Waals surface area contributed by atoms with Gasteiger partial charge in [0.15, 0.2) is 5.54 Å². The lowest BCUT2D eigenvalue weighted by Crippen LogP contribution is -2.52. The first-order valence-corrected chi connectivity index (χ1v) is 13.5. The third-order valence-corrected chi connectivity index (χ3v) is 7.83. The summed E-state index contributed by atoms with van der Waals surface area (Å²) < 4.78 is 55.4. The summed E-state index contributed by atoms with van der Waals surface area (Å²) in [5.74, 6) is -0.692. The number of hydrogen-bond acceptors (Lipinski definition) is 9. The van der Waals surface area contributed by atoms with E-state index in [1.165, 1.54) is 24.5 Å². The summed E-state index contributed by atoms with van der Waals surface area (Å²) in [6.07, 6.45) is -1.80. The summed E-state index contributed by atoms with van der Waals surface area (Å²) in [4.78, 5) is 8.26. The number of halogens is 5. The predicted octanol–water partition coefficient (Wildman–Crippen LogP) is 5.45. The molecule has 0 spiro atoms. The number of nitrogens with one attached hydrogen (secondary N) is 4. The van der Waals surface area contributed by atoms with E-state index < -0.39 is 29.1 Å². The van der Waals surface area contributed by atoms with Crippen molar-refractivity contribution in [2.75, 3.05) is 23.8 Å². The van der Waals surface area contributed by atoms with Crippen LogP contribution in [-0.4, -0.2) is 45.0 Å². The lowest BCUT2D eigenvalue weighted by Gasteiger charge is -2.28. The first kappa shape index (κ1) is 29.6. The SMILES string of the molecule is Cc1nc(F)ccc1[C@H](Nc1cc(Cl)c2ncc(C#N)c(NCC(C)(C)CO)c2c1)C1=CN(C2(C(F)(F)F)CC2)NN1. The van der Waals surface area contributed by atoms with Crippen molar-refractivity contribution in [1.29, 1.82) is 5.26 Å². The second-order valence-electron chi connectivity index (χ2n) is 11.3. The second kappa shape index (κ2) is 10.8. The number of anilines is 2. The Balaban J connectivity index is 1.58. The quantitative estimate of drug-likeness (QED) is 0.160. The molecule has 1 aliphatic carbocycles. The molecule has 3 heterocycles. The van der Waals surface area contributed by atoms with E-state index in [2.05, 4.69) is 37.6 Å². The Hall–Kier alpha value is -3.86. The van der Waals surface area contributed by atoms with Gasteiger partial charge in [-0.05, 0) is 38.0 Å². The number of pyridine rings is 2. The number of aromatic nitrogens is 2. The highest BCUT2D eigenvalue weighted by Crippen LogP contribution is 2.53. The molecular formula is C28H29ClF4N8O. The minimum absolute atomic E-state index is 0.0540. The molecule has 42 heavy (non-hydrogen) atoms. The van der Waals surface area contributed by atoms with Gasteiger partial charge >= 0.3 is 6.18 Å². The molecule has 1 aromatic carbocycles. The number of aryl methyl sites for hydroxylation is 1. The fourth-order valence-corrected chi connectivity index (χ4v) is 5.09. The summed E-state index contributed by atoms with van der Waals surface area (Å²) >= 11 is 6.64. The lowest BCUT2D eigenvalue weighted by atomic mass is 9.94. The van der Waals surface area contributed by atoms with E-state index >= 15 is 0 Å². The standard InChI is InChI=1S/C28H29ClF4N8O/c1-15-18(4-5-22(30)37-15)25(21-12-41(40-39-21)27(6-7-27)28(31,32)33)38-17-8-19-23(36-13-26(2,3)14-42)16(10-34)11-35-24(19)20(29)9-17/h4-5,8-9,11-12,25,38-40,42H,6-7,13-14H2,1-3H3,(H,35,36)/t25-/m0/s1. The zero-order valence-electron chi connectivity index (χ0n) is 23.0. The topological polar surface area (TPSA) is 121 Å². The third kappa shape index (κ3) is 5.49. The van der Waals surface area contributed by atoms with Crippen molar-refractivity contribution in [3.05, 3.63) is 70.2 Å². The first-order chi connectivity index (χ1) is 19.8. The number of rotatable bonds is 9. The Labute approximate surface area is 244 Å². The van der Waals surface area contributed by atoms with Crippen molar-refractivity contribution in [2.45, 2.75) is 51.4 Å². The largest absolute Gasteiger partial charge is 0.413 e. The van der Waals surface area contributed by atoms with Gasteiger partial charge in [0.25, 0.3) is 0 Å². The second-order valence-corrected chi connectivity index (χ2v) is 11.7. The molecule has 2 aliphatic rings. The maximum absolute atomic E-state index is 13.9. The van der Waals surface area contributed by atoms with Gasteiger partial charge in [-0.1, -0.05) is 31.5 Å². The molecule has 1 aliphatic heterocycles. The fourth-order valence-electron chi connectivity index (χ4n) is 4.82. The molecule has 2 aromatic heterocycles. The van der Waals surface area contributed by atoms with Crippen LogP contribution in [0.4, 0.5) is 28.9 Å². The van der Waals surface area contributed by atoms with Crippen LogP contribution >= 0.6 is 11.6 Å². The number of nitrogens with zero attached hydrogens (tertiary/aromatic N) is 4. The van der Waals surface area contributed by atoms with E-state index in [0.717, 1.165) is 5.01 Å². The summed E-state index contributed by atoms with van der Waals surface area (Å²) in [7, 11) is 0. The van der Waals surface area contributed by atoms with Crippen molar-refractivity contribution in [3.63, 3.8) is 0 Å². The zero-order chi connectivity index (χ0) is 30.4. The maximum atomic E-state index is 13.9. The lowest BCUT2D eigenvalue weighted by molar-refractivity contribution is -0.195. The molecule has 1 saturated carbocycles. The molecule has 1 atom stereocenters. The Bertz CT molecular complexity index is 1600. The van der Waals surface area contributed by atoms with Crippen LogP contribution in [0.5, 0.6) is 0 Å². The fraction of sp³-hybridized carbons (Fsp3) is 0.393. The highest BCUT2D eigenvalue weighted by molar-refractivity contribution is 6.35. The number of nitriles is 1. The van der Waals surface area contributed by atoms with Crippen LogP contribution in [0.3, 0.4) is 0 Å². The van der Waals surface area contributed by atoms with E-state index in [4.69, 9.17) is 11.6 Å². The number of fused-ring (bicyclic) bond motifs is 1. The average Bonchev–Trinajstić information content (AvgIpc) is 3.62. The van der Waals surface area contributed by atoms with Gasteiger partial charge in [-0.25, -0.2) is 4.98 Å². The molecule has 5 N–H and O–H groups in total. The number of aliphatic hydroxyl groups excluding tert-OH is 1. The minimum atomic E-state index is -4.45. The Morgan fingerprint density at radius 1 is 1.26 bits per heavy atom. The van der Waals surface area contributed by atoms with E-state index in [-0.39, 0.29) is 30.0 Å². The van der Waals surface area contributed by atoms with Crippen molar-refractivity contribution in [3.8, 4) is 6.07 Å². The molecule has 222 valence electrons. The maximum Gasteiger partial charge on any atom is 0.413 e. The van der Waals surface area contributed by atoms with Gasteiger partial charge in [0.1, 0.15) is 6.07 Å². The number of hydrazine groups is 2. The molecule has 14 heteroatoms. The van der Waals surface area contributed by atoms with E-state index in [9.17, 15) is 27.9 Å².